The highest BCUT2D eigenvalue weighted by Gasteiger charge is 2.02. The average molecular weight is 176 g/mol. The van der Waals surface area contributed by atoms with Gasteiger partial charge in [0.25, 0.3) is 0 Å². The number of nitrogens with zero attached hydrogens (tertiary/aromatic N) is 1. The van der Waals surface area contributed by atoms with E-state index in [4.69, 9.17) is 16.3 Å². The summed E-state index contributed by atoms with van der Waals surface area (Å²) in [5.74, 6) is 0.152. The Bertz CT molecular complexity index is 254. The molecule has 2 nitrogen and oxygen atoms in total. The van der Waals surface area contributed by atoms with Crippen molar-refractivity contribution in [3.05, 3.63) is 23.8 Å². The maximum absolute atomic E-state index is 12.4. The second-order valence-corrected chi connectivity index (χ2v) is 2.22. The van der Waals surface area contributed by atoms with E-state index in [0.29, 0.717) is 11.3 Å². The minimum absolute atomic E-state index is 0.274. The SMILES string of the molecule is COc1cc(F)ncc1CCl. The molecule has 0 atom stereocenters. The van der Waals surface area contributed by atoms with E-state index in [0.717, 1.165) is 0 Å². The monoisotopic (exact) mass is 175 g/mol. The summed E-state index contributed by atoms with van der Waals surface area (Å²) in [4.78, 5) is 3.43. The molecule has 11 heavy (non-hydrogen) atoms. The topological polar surface area (TPSA) is 22.1 Å². The fourth-order valence-corrected chi connectivity index (χ4v) is 0.932. The van der Waals surface area contributed by atoms with Gasteiger partial charge in [-0.1, -0.05) is 0 Å². The van der Waals surface area contributed by atoms with Gasteiger partial charge in [-0.25, -0.2) is 4.98 Å². The van der Waals surface area contributed by atoms with Crippen LogP contribution in [0.4, 0.5) is 4.39 Å². The third-order valence-corrected chi connectivity index (χ3v) is 1.56. The fourth-order valence-electron chi connectivity index (χ4n) is 0.732. The van der Waals surface area contributed by atoms with Gasteiger partial charge in [0.2, 0.25) is 5.95 Å². The summed E-state index contributed by atoms with van der Waals surface area (Å²) in [5, 5.41) is 0. The minimum atomic E-state index is -0.560. The van der Waals surface area contributed by atoms with Gasteiger partial charge in [0.05, 0.1) is 13.0 Å². The standard InChI is InChI=1S/C7H7ClFNO/c1-11-6-2-7(9)10-4-5(6)3-8/h2,4H,3H2,1H3. The Kier molecular flexibility index (Phi) is 2.65. The molecule has 0 spiro atoms. The Labute approximate surface area is 69.0 Å². The van der Waals surface area contributed by atoms with Crippen molar-refractivity contribution in [2.75, 3.05) is 7.11 Å². The second kappa shape index (κ2) is 3.53. The summed E-state index contributed by atoms with van der Waals surface area (Å²) >= 11 is 5.52. The molecule has 1 heterocycles. The molecule has 0 aliphatic carbocycles. The van der Waals surface area contributed by atoms with E-state index in [2.05, 4.69) is 4.98 Å². The van der Waals surface area contributed by atoms with Crippen LogP contribution in [0.3, 0.4) is 0 Å². The maximum atomic E-state index is 12.4. The van der Waals surface area contributed by atoms with Gasteiger partial charge in [0.1, 0.15) is 5.75 Å². The van der Waals surface area contributed by atoms with E-state index < -0.39 is 5.95 Å². The van der Waals surface area contributed by atoms with Gasteiger partial charge < -0.3 is 4.74 Å². The third-order valence-electron chi connectivity index (χ3n) is 1.27. The van der Waals surface area contributed by atoms with E-state index in [-0.39, 0.29) is 5.88 Å². The zero-order valence-electron chi connectivity index (χ0n) is 5.97. The lowest BCUT2D eigenvalue weighted by molar-refractivity contribution is 0.405. The molecule has 0 bridgehead atoms. The molecule has 0 N–H and O–H groups in total. The Morgan fingerprint density at radius 2 is 2.45 bits per heavy atom. The highest BCUT2D eigenvalue weighted by atomic mass is 35.5. The van der Waals surface area contributed by atoms with Crippen LogP contribution < -0.4 is 4.74 Å². The predicted octanol–water partition coefficient (Wildman–Crippen LogP) is 1.97. The van der Waals surface area contributed by atoms with Crippen LogP contribution in [0, 0.1) is 5.95 Å². The van der Waals surface area contributed by atoms with Gasteiger partial charge in [0, 0.05) is 17.8 Å². The molecule has 0 fully saturated rings. The van der Waals surface area contributed by atoms with E-state index in [1.165, 1.54) is 19.4 Å². The van der Waals surface area contributed by atoms with Crippen molar-refractivity contribution in [1.82, 2.24) is 4.98 Å². The van der Waals surface area contributed by atoms with Crippen LogP contribution in [-0.2, 0) is 5.88 Å². The number of rotatable bonds is 2. The van der Waals surface area contributed by atoms with Gasteiger partial charge in [-0.3, -0.25) is 0 Å². The highest BCUT2D eigenvalue weighted by Crippen LogP contribution is 2.18. The van der Waals surface area contributed by atoms with Crippen LogP contribution in [0.15, 0.2) is 12.3 Å². The Balaban J connectivity index is 3.06. The van der Waals surface area contributed by atoms with Crippen LogP contribution in [-0.4, -0.2) is 12.1 Å². The molecule has 0 unspecified atom stereocenters. The number of ether oxygens (including phenoxy) is 1. The van der Waals surface area contributed by atoms with Crippen molar-refractivity contribution < 1.29 is 9.13 Å². The van der Waals surface area contributed by atoms with Crippen molar-refractivity contribution in [3.8, 4) is 5.75 Å². The predicted molar refractivity (Wildman–Crippen MR) is 40.3 cm³/mol. The number of hydrogen-bond acceptors (Lipinski definition) is 2. The van der Waals surface area contributed by atoms with Crippen LogP contribution >= 0.6 is 11.6 Å². The molecule has 0 aliphatic rings. The molecule has 0 saturated heterocycles. The van der Waals surface area contributed by atoms with Crippen molar-refractivity contribution in [2.45, 2.75) is 5.88 Å². The Hall–Kier alpha value is -0.830. The van der Waals surface area contributed by atoms with Crippen molar-refractivity contribution in [3.63, 3.8) is 0 Å². The first-order valence-corrected chi connectivity index (χ1v) is 3.55. The van der Waals surface area contributed by atoms with E-state index in [1.807, 2.05) is 0 Å². The summed E-state index contributed by atoms with van der Waals surface area (Å²) in [6, 6.07) is 1.21. The summed E-state index contributed by atoms with van der Waals surface area (Å²) in [5.41, 5.74) is 0.690. The largest absolute Gasteiger partial charge is 0.496 e. The number of methoxy groups -OCH3 is 1. The summed E-state index contributed by atoms with van der Waals surface area (Å²) in [6.45, 7) is 0. The van der Waals surface area contributed by atoms with Gasteiger partial charge in [-0.2, -0.15) is 4.39 Å². The first kappa shape index (κ1) is 8.27. The third kappa shape index (κ3) is 1.80. The number of hydrogen-bond donors (Lipinski definition) is 0. The quantitative estimate of drug-likeness (QED) is 0.507. The summed E-state index contributed by atoms with van der Waals surface area (Å²) in [7, 11) is 1.46. The summed E-state index contributed by atoms with van der Waals surface area (Å²) in [6.07, 6.45) is 1.36. The molecule has 0 aliphatic heterocycles. The highest BCUT2D eigenvalue weighted by molar-refractivity contribution is 6.17. The van der Waals surface area contributed by atoms with Crippen molar-refractivity contribution in [2.24, 2.45) is 0 Å². The number of halogens is 2. The molecule has 0 amide bonds. The number of alkyl halides is 1. The lowest BCUT2D eigenvalue weighted by Gasteiger charge is -2.03. The average Bonchev–Trinajstić information content (AvgIpc) is 2.04. The van der Waals surface area contributed by atoms with E-state index in [9.17, 15) is 4.39 Å². The lowest BCUT2D eigenvalue weighted by atomic mass is 10.3. The van der Waals surface area contributed by atoms with E-state index in [1.54, 1.807) is 0 Å². The molecule has 0 saturated carbocycles. The van der Waals surface area contributed by atoms with Crippen molar-refractivity contribution >= 4 is 11.6 Å². The molecular formula is C7H7ClFNO. The molecule has 60 valence electrons. The van der Waals surface area contributed by atoms with Crippen LogP contribution in [0.25, 0.3) is 0 Å². The smallest absolute Gasteiger partial charge is 0.216 e. The van der Waals surface area contributed by atoms with Gasteiger partial charge in [0.15, 0.2) is 0 Å². The normalized spacial score (nSPS) is 9.73. The zero-order chi connectivity index (χ0) is 8.27. The van der Waals surface area contributed by atoms with Crippen LogP contribution in [0.2, 0.25) is 0 Å². The molecular weight excluding hydrogens is 169 g/mol. The maximum Gasteiger partial charge on any atom is 0.216 e. The minimum Gasteiger partial charge on any atom is -0.496 e. The molecule has 0 radical (unpaired) electrons. The molecule has 4 heteroatoms. The Morgan fingerprint density at radius 3 is 3.00 bits per heavy atom. The Morgan fingerprint density at radius 1 is 1.73 bits per heavy atom. The number of pyridine rings is 1. The molecule has 1 aromatic heterocycles. The lowest BCUT2D eigenvalue weighted by Crippen LogP contribution is -1.92. The van der Waals surface area contributed by atoms with Gasteiger partial charge >= 0.3 is 0 Å². The fraction of sp³-hybridized carbons (Fsp3) is 0.286. The van der Waals surface area contributed by atoms with Crippen LogP contribution in [0.1, 0.15) is 5.56 Å². The first-order chi connectivity index (χ1) is 5.27. The molecule has 1 aromatic rings. The van der Waals surface area contributed by atoms with Gasteiger partial charge in [-0.05, 0) is 0 Å². The zero-order valence-corrected chi connectivity index (χ0v) is 6.73. The summed E-state index contributed by atoms with van der Waals surface area (Å²) < 4.78 is 17.3. The molecule has 1 rings (SSSR count). The second-order valence-electron chi connectivity index (χ2n) is 1.95. The van der Waals surface area contributed by atoms with Crippen molar-refractivity contribution in [1.29, 1.82) is 0 Å². The van der Waals surface area contributed by atoms with Gasteiger partial charge in [-0.15, -0.1) is 11.6 Å². The molecule has 0 aromatic carbocycles. The first-order valence-electron chi connectivity index (χ1n) is 3.02. The van der Waals surface area contributed by atoms with Crippen LogP contribution in [0.5, 0.6) is 5.75 Å². The number of aromatic nitrogens is 1. The van der Waals surface area contributed by atoms with E-state index >= 15 is 0 Å².